The van der Waals surface area contributed by atoms with E-state index in [2.05, 4.69) is 86.2 Å². The predicted octanol–water partition coefficient (Wildman–Crippen LogP) is 4.39. The summed E-state index contributed by atoms with van der Waals surface area (Å²) < 4.78 is 0. The van der Waals surface area contributed by atoms with Crippen LogP contribution in [0.5, 0.6) is 0 Å². The van der Waals surface area contributed by atoms with Crippen molar-refractivity contribution in [2.45, 2.75) is 12.5 Å². The molecule has 6 nitrogen and oxygen atoms in total. The highest BCUT2D eigenvalue weighted by Crippen LogP contribution is 2.34. The van der Waals surface area contributed by atoms with E-state index in [0.29, 0.717) is 0 Å². The molecule has 0 bridgehead atoms. The van der Waals surface area contributed by atoms with Crippen molar-refractivity contribution >= 4 is 28.2 Å². The van der Waals surface area contributed by atoms with Gasteiger partial charge in [0.1, 0.15) is 5.69 Å². The molecule has 0 saturated carbocycles. The van der Waals surface area contributed by atoms with E-state index in [1.165, 1.54) is 22.3 Å². The number of nitrogens with one attached hydrogen (secondary N) is 3. The Labute approximate surface area is 179 Å². The summed E-state index contributed by atoms with van der Waals surface area (Å²) in [7, 11) is 1.95. The van der Waals surface area contributed by atoms with Gasteiger partial charge in [-0.1, -0.05) is 42.5 Å². The number of hydrogen-bond acceptors (Lipinski definition) is 4. The van der Waals surface area contributed by atoms with Crippen LogP contribution in [-0.4, -0.2) is 40.0 Å². The largest absolute Gasteiger partial charge is 0.337 e. The van der Waals surface area contributed by atoms with Crippen molar-refractivity contribution in [2.24, 2.45) is 4.99 Å². The lowest BCUT2D eigenvalue weighted by molar-refractivity contribution is 0.810. The van der Waals surface area contributed by atoms with E-state index in [4.69, 9.17) is 4.98 Å². The molecule has 1 atom stereocenters. The number of benzene rings is 3. The third kappa shape index (κ3) is 2.95. The lowest BCUT2D eigenvalue weighted by Gasteiger charge is -2.21. The number of rotatable bonds is 4. The molecule has 0 saturated heterocycles. The average molecular weight is 406 g/mol. The Morgan fingerprint density at radius 3 is 2.90 bits per heavy atom. The van der Waals surface area contributed by atoms with Crippen molar-refractivity contribution in [3.05, 3.63) is 82.9 Å². The molecule has 0 fully saturated rings. The first-order valence-electron chi connectivity index (χ1n) is 10.5. The van der Waals surface area contributed by atoms with E-state index >= 15 is 0 Å². The monoisotopic (exact) mass is 406 g/mol. The normalized spacial score (nSPS) is 15.6. The number of aliphatic imine (C=N–C) groups is 1. The van der Waals surface area contributed by atoms with E-state index in [-0.39, 0.29) is 5.92 Å². The van der Waals surface area contributed by atoms with Gasteiger partial charge in [-0.25, -0.2) is 4.98 Å². The average Bonchev–Trinajstić information content (AvgIpc) is 3.43. The molecular formula is C25H22N6. The summed E-state index contributed by atoms with van der Waals surface area (Å²) in [6, 6.07) is 21.2. The molecule has 0 spiro atoms. The van der Waals surface area contributed by atoms with Gasteiger partial charge in [0.2, 0.25) is 0 Å². The van der Waals surface area contributed by atoms with Crippen molar-refractivity contribution in [3.63, 3.8) is 0 Å². The van der Waals surface area contributed by atoms with Crippen molar-refractivity contribution < 1.29 is 0 Å². The first kappa shape index (κ1) is 18.0. The fraction of sp³-hybridized carbons (Fsp3) is 0.160. The van der Waals surface area contributed by atoms with Crippen LogP contribution < -0.4 is 5.32 Å². The summed E-state index contributed by atoms with van der Waals surface area (Å²) in [5.41, 5.74) is 8.77. The smallest absolute Gasteiger partial charge is 0.159 e. The Morgan fingerprint density at radius 2 is 1.97 bits per heavy atom. The lowest BCUT2D eigenvalue weighted by Crippen LogP contribution is -2.12. The topological polar surface area (TPSA) is 81.8 Å². The van der Waals surface area contributed by atoms with Crippen molar-refractivity contribution in [3.8, 4) is 11.5 Å². The van der Waals surface area contributed by atoms with Crippen LogP contribution in [0.2, 0.25) is 0 Å². The molecule has 0 aliphatic carbocycles. The fourth-order valence-corrected chi connectivity index (χ4v) is 4.55. The second-order valence-electron chi connectivity index (χ2n) is 7.98. The SMILES string of the molecule is CNCc1cccc2[nH]c(-c3n[nH]c4ccc(C5CN=Cc6ccccc65)cc34)nc12. The quantitative estimate of drug-likeness (QED) is 0.414. The second-order valence-corrected chi connectivity index (χ2v) is 7.98. The summed E-state index contributed by atoms with van der Waals surface area (Å²) in [6.45, 7) is 1.53. The zero-order valence-corrected chi connectivity index (χ0v) is 17.2. The molecule has 3 aromatic carbocycles. The van der Waals surface area contributed by atoms with Gasteiger partial charge in [0.25, 0.3) is 0 Å². The zero-order valence-electron chi connectivity index (χ0n) is 17.2. The molecule has 5 aromatic rings. The Morgan fingerprint density at radius 1 is 1.03 bits per heavy atom. The van der Waals surface area contributed by atoms with Crippen molar-refractivity contribution in [2.75, 3.05) is 13.6 Å². The summed E-state index contributed by atoms with van der Waals surface area (Å²) in [4.78, 5) is 13.0. The molecule has 0 radical (unpaired) electrons. The first-order valence-corrected chi connectivity index (χ1v) is 10.5. The molecule has 31 heavy (non-hydrogen) atoms. The van der Waals surface area contributed by atoms with Crippen LogP contribution in [0.25, 0.3) is 33.5 Å². The number of nitrogens with zero attached hydrogens (tertiary/aromatic N) is 3. The number of para-hydroxylation sites is 1. The number of H-pyrrole nitrogens is 2. The number of aromatic amines is 2. The maximum absolute atomic E-state index is 4.90. The van der Waals surface area contributed by atoms with Crippen LogP contribution in [0.1, 0.15) is 28.2 Å². The van der Waals surface area contributed by atoms with Gasteiger partial charge >= 0.3 is 0 Å². The highest BCUT2D eigenvalue weighted by molar-refractivity contribution is 5.94. The highest BCUT2D eigenvalue weighted by atomic mass is 15.1. The Bertz CT molecular complexity index is 1440. The molecule has 152 valence electrons. The van der Waals surface area contributed by atoms with Gasteiger partial charge in [0.05, 0.1) is 16.6 Å². The van der Waals surface area contributed by atoms with E-state index in [0.717, 1.165) is 46.5 Å². The standard InChI is InChI=1S/C25H22N6/c1-26-12-17-6-4-8-22-23(17)29-25(28-22)24-19-11-15(9-10-21(19)30-31-24)20-14-27-13-16-5-2-3-7-18(16)20/h2-11,13,20,26H,12,14H2,1H3,(H,28,29)(H,30,31). The van der Waals surface area contributed by atoms with Crippen LogP contribution in [0.3, 0.4) is 0 Å². The van der Waals surface area contributed by atoms with Gasteiger partial charge in [-0.2, -0.15) is 5.10 Å². The summed E-state index contributed by atoms with van der Waals surface area (Å²) in [5, 5.41) is 12.1. The van der Waals surface area contributed by atoms with Crippen LogP contribution in [0.4, 0.5) is 0 Å². The number of hydrogen-bond donors (Lipinski definition) is 3. The molecular weight excluding hydrogens is 384 g/mol. The Balaban J connectivity index is 1.47. The maximum Gasteiger partial charge on any atom is 0.159 e. The Hall–Kier alpha value is -3.77. The minimum absolute atomic E-state index is 0.242. The van der Waals surface area contributed by atoms with E-state index in [9.17, 15) is 0 Å². The second kappa shape index (κ2) is 7.18. The molecule has 3 heterocycles. The summed E-state index contributed by atoms with van der Waals surface area (Å²) in [5.74, 6) is 1.02. The maximum atomic E-state index is 4.90. The number of fused-ring (bicyclic) bond motifs is 3. The lowest BCUT2D eigenvalue weighted by atomic mass is 9.86. The van der Waals surface area contributed by atoms with Crippen LogP contribution in [0.15, 0.2) is 65.7 Å². The third-order valence-electron chi connectivity index (χ3n) is 6.07. The molecule has 6 heteroatoms. The summed E-state index contributed by atoms with van der Waals surface area (Å²) in [6.07, 6.45) is 1.98. The molecule has 0 amide bonds. The predicted molar refractivity (Wildman–Crippen MR) is 125 cm³/mol. The van der Waals surface area contributed by atoms with Crippen LogP contribution >= 0.6 is 0 Å². The number of aromatic nitrogens is 4. The van der Waals surface area contributed by atoms with Gasteiger partial charge in [-0.05, 0) is 47.5 Å². The van der Waals surface area contributed by atoms with Crippen LogP contribution in [0, 0.1) is 0 Å². The van der Waals surface area contributed by atoms with E-state index in [1.807, 2.05) is 13.3 Å². The molecule has 1 unspecified atom stereocenters. The molecule has 1 aliphatic rings. The van der Waals surface area contributed by atoms with E-state index in [1.54, 1.807) is 0 Å². The van der Waals surface area contributed by atoms with Gasteiger partial charge in [-0.15, -0.1) is 0 Å². The van der Waals surface area contributed by atoms with Gasteiger partial charge < -0.3 is 10.3 Å². The minimum Gasteiger partial charge on any atom is -0.337 e. The molecule has 3 N–H and O–H groups in total. The fourth-order valence-electron chi connectivity index (χ4n) is 4.55. The van der Waals surface area contributed by atoms with Gasteiger partial charge in [0, 0.05) is 30.6 Å². The number of imidazole rings is 1. The Kier molecular flexibility index (Phi) is 4.18. The zero-order chi connectivity index (χ0) is 20.8. The third-order valence-corrected chi connectivity index (χ3v) is 6.07. The molecule has 1 aliphatic heterocycles. The molecule has 2 aromatic heterocycles. The van der Waals surface area contributed by atoms with Crippen molar-refractivity contribution in [1.29, 1.82) is 0 Å². The van der Waals surface area contributed by atoms with Crippen molar-refractivity contribution in [1.82, 2.24) is 25.5 Å². The minimum atomic E-state index is 0.242. The molecule has 6 rings (SSSR count). The van der Waals surface area contributed by atoms with Gasteiger partial charge in [-0.3, -0.25) is 10.1 Å². The first-order chi connectivity index (χ1) is 15.3. The van der Waals surface area contributed by atoms with Gasteiger partial charge in [0.15, 0.2) is 5.82 Å². The van der Waals surface area contributed by atoms with Crippen LogP contribution in [-0.2, 0) is 6.54 Å². The van der Waals surface area contributed by atoms with E-state index < -0.39 is 0 Å². The summed E-state index contributed by atoms with van der Waals surface area (Å²) >= 11 is 0. The highest BCUT2D eigenvalue weighted by Gasteiger charge is 2.21.